The average molecular weight is 388 g/mol. The predicted octanol–water partition coefficient (Wildman–Crippen LogP) is 4.85. The van der Waals surface area contributed by atoms with Crippen LogP contribution in [0, 0.1) is 0 Å². The van der Waals surface area contributed by atoms with Crippen molar-refractivity contribution in [1.82, 2.24) is 5.32 Å². The van der Waals surface area contributed by atoms with Gasteiger partial charge in [-0.2, -0.15) is 0 Å². The van der Waals surface area contributed by atoms with Crippen LogP contribution >= 0.6 is 0 Å². The molecule has 6 nitrogen and oxygen atoms in total. The van der Waals surface area contributed by atoms with Crippen molar-refractivity contribution < 1.29 is 19.4 Å². The predicted molar refractivity (Wildman–Crippen MR) is 110 cm³/mol. The van der Waals surface area contributed by atoms with Crippen molar-refractivity contribution in [3.05, 3.63) is 90.0 Å². The summed E-state index contributed by atoms with van der Waals surface area (Å²) in [6.45, 7) is 0. The molecule has 0 heterocycles. The summed E-state index contributed by atoms with van der Waals surface area (Å²) in [6, 6.07) is 23.8. The zero-order valence-electron chi connectivity index (χ0n) is 15.5. The Labute approximate surface area is 168 Å². The minimum absolute atomic E-state index is 0.0275. The minimum atomic E-state index is -1.00. The number of para-hydroxylation sites is 1. The van der Waals surface area contributed by atoms with Gasteiger partial charge in [-0.25, -0.2) is 4.79 Å². The lowest BCUT2D eigenvalue weighted by molar-refractivity contribution is 0.102. The van der Waals surface area contributed by atoms with Crippen LogP contribution in [0.15, 0.2) is 78.9 Å². The first-order valence-electron chi connectivity index (χ1n) is 9.32. The van der Waals surface area contributed by atoms with Gasteiger partial charge in [0.05, 0.1) is 0 Å². The molecule has 0 spiro atoms. The van der Waals surface area contributed by atoms with E-state index < -0.39 is 6.09 Å². The lowest BCUT2D eigenvalue weighted by Crippen LogP contribution is -2.24. The van der Waals surface area contributed by atoms with Gasteiger partial charge < -0.3 is 20.5 Å². The van der Waals surface area contributed by atoms with E-state index >= 15 is 0 Å². The fourth-order valence-corrected chi connectivity index (χ4v) is 3.22. The van der Waals surface area contributed by atoms with Crippen LogP contribution in [0.3, 0.4) is 0 Å². The Morgan fingerprint density at radius 3 is 2.34 bits per heavy atom. The van der Waals surface area contributed by atoms with E-state index in [1.165, 1.54) is 0 Å². The first kappa shape index (κ1) is 18.6. The van der Waals surface area contributed by atoms with Crippen LogP contribution in [0.5, 0.6) is 11.5 Å². The van der Waals surface area contributed by atoms with Gasteiger partial charge in [0.25, 0.3) is 5.91 Å². The number of amides is 2. The molecule has 1 aliphatic carbocycles. The summed E-state index contributed by atoms with van der Waals surface area (Å²) < 4.78 is 5.78. The maximum absolute atomic E-state index is 12.6. The number of hydrogen-bond donors (Lipinski definition) is 3. The van der Waals surface area contributed by atoms with E-state index in [1.54, 1.807) is 24.3 Å². The molecule has 2 atom stereocenters. The Balaban J connectivity index is 1.38. The van der Waals surface area contributed by atoms with Crippen LogP contribution in [-0.4, -0.2) is 23.1 Å². The molecule has 146 valence electrons. The molecule has 4 rings (SSSR count). The van der Waals surface area contributed by atoms with Crippen molar-refractivity contribution in [2.75, 3.05) is 5.32 Å². The molecule has 2 unspecified atom stereocenters. The topological polar surface area (TPSA) is 87.7 Å². The number of hydrogen-bond acceptors (Lipinski definition) is 3. The molecule has 0 aromatic heterocycles. The second-order valence-corrected chi connectivity index (χ2v) is 6.92. The molecule has 3 aromatic carbocycles. The van der Waals surface area contributed by atoms with Gasteiger partial charge >= 0.3 is 6.09 Å². The van der Waals surface area contributed by atoms with Crippen molar-refractivity contribution in [2.24, 2.45) is 0 Å². The third kappa shape index (κ3) is 4.73. The first-order valence-corrected chi connectivity index (χ1v) is 9.32. The first-order chi connectivity index (χ1) is 14.1. The Morgan fingerprint density at radius 2 is 1.62 bits per heavy atom. The number of anilines is 1. The zero-order chi connectivity index (χ0) is 20.2. The van der Waals surface area contributed by atoms with Crippen molar-refractivity contribution in [2.45, 2.75) is 18.4 Å². The summed E-state index contributed by atoms with van der Waals surface area (Å²) >= 11 is 0. The van der Waals surface area contributed by atoms with Gasteiger partial charge in [-0.1, -0.05) is 36.4 Å². The van der Waals surface area contributed by atoms with Crippen molar-refractivity contribution in [3.63, 3.8) is 0 Å². The highest BCUT2D eigenvalue weighted by Crippen LogP contribution is 2.41. The van der Waals surface area contributed by atoms with Crippen molar-refractivity contribution >= 4 is 17.7 Å². The maximum Gasteiger partial charge on any atom is 0.404 e. The highest BCUT2D eigenvalue weighted by molar-refractivity contribution is 6.04. The number of rotatable bonds is 6. The van der Waals surface area contributed by atoms with Crippen LogP contribution < -0.4 is 15.4 Å². The monoisotopic (exact) mass is 388 g/mol. The van der Waals surface area contributed by atoms with Crippen LogP contribution in [0.1, 0.15) is 28.3 Å². The third-order valence-electron chi connectivity index (χ3n) is 4.77. The molecule has 1 aliphatic rings. The number of ether oxygens (including phenoxy) is 1. The minimum Gasteiger partial charge on any atom is -0.465 e. The van der Waals surface area contributed by atoms with Gasteiger partial charge in [0.15, 0.2) is 0 Å². The Bertz CT molecular complexity index is 1020. The smallest absolute Gasteiger partial charge is 0.404 e. The number of carboxylic acid groups (broad SMARTS) is 1. The van der Waals surface area contributed by atoms with E-state index in [-0.39, 0.29) is 17.9 Å². The van der Waals surface area contributed by atoms with E-state index in [1.807, 2.05) is 54.6 Å². The van der Waals surface area contributed by atoms with Gasteiger partial charge in [-0.3, -0.25) is 4.79 Å². The summed E-state index contributed by atoms with van der Waals surface area (Å²) in [5.74, 6) is 1.26. The van der Waals surface area contributed by atoms with Gasteiger partial charge in [0.2, 0.25) is 0 Å². The van der Waals surface area contributed by atoms with Gasteiger partial charge in [0, 0.05) is 23.2 Å². The van der Waals surface area contributed by atoms with Crippen LogP contribution in [0.2, 0.25) is 0 Å². The van der Waals surface area contributed by atoms with Crippen LogP contribution in [0.4, 0.5) is 10.5 Å². The molecule has 0 radical (unpaired) electrons. The largest absolute Gasteiger partial charge is 0.465 e. The Hall–Kier alpha value is -3.80. The molecule has 0 bridgehead atoms. The summed E-state index contributed by atoms with van der Waals surface area (Å²) in [5.41, 5.74) is 2.23. The summed E-state index contributed by atoms with van der Waals surface area (Å²) in [7, 11) is 0. The van der Waals surface area contributed by atoms with E-state index in [0.717, 1.165) is 12.0 Å². The Kier molecular flexibility index (Phi) is 5.16. The summed E-state index contributed by atoms with van der Waals surface area (Å²) in [5, 5.41) is 14.1. The molecule has 1 fully saturated rings. The number of nitrogens with one attached hydrogen (secondary N) is 2. The molecule has 3 N–H and O–H groups in total. The van der Waals surface area contributed by atoms with E-state index in [0.29, 0.717) is 22.7 Å². The standard InChI is InChI=1S/C23H20N2O4/c26-22(16-5-4-8-19(13-16)29-18-6-2-1-3-7-18)24-17-11-9-15(10-12-17)20-14-21(20)25-23(27)28/h1-13,20-21,25H,14H2,(H,24,26)(H,27,28). The second-order valence-electron chi connectivity index (χ2n) is 6.92. The molecule has 2 amide bonds. The summed E-state index contributed by atoms with van der Waals surface area (Å²) in [6.07, 6.45) is -0.202. The molecule has 29 heavy (non-hydrogen) atoms. The van der Waals surface area contributed by atoms with E-state index in [9.17, 15) is 9.59 Å². The van der Waals surface area contributed by atoms with Crippen molar-refractivity contribution in [3.8, 4) is 11.5 Å². The molecule has 0 saturated heterocycles. The van der Waals surface area contributed by atoms with Crippen LogP contribution in [0.25, 0.3) is 0 Å². The zero-order valence-corrected chi connectivity index (χ0v) is 15.5. The quantitative estimate of drug-likeness (QED) is 0.563. The lowest BCUT2D eigenvalue weighted by Gasteiger charge is -2.09. The maximum atomic E-state index is 12.6. The lowest BCUT2D eigenvalue weighted by atomic mass is 10.1. The molecule has 0 aliphatic heterocycles. The molecule has 6 heteroatoms. The molecule has 3 aromatic rings. The number of benzene rings is 3. The highest BCUT2D eigenvalue weighted by atomic mass is 16.5. The second kappa shape index (κ2) is 8.06. The van der Waals surface area contributed by atoms with Crippen LogP contribution in [-0.2, 0) is 0 Å². The normalized spacial score (nSPS) is 17.2. The van der Waals surface area contributed by atoms with Gasteiger partial charge in [-0.05, 0) is 54.4 Å². The van der Waals surface area contributed by atoms with E-state index in [2.05, 4.69) is 10.6 Å². The Morgan fingerprint density at radius 1 is 0.897 bits per heavy atom. The number of carbonyl (C=O) groups is 2. The van der Waals surface area contributed by atoms with Crippen molar-refractivity contribution in [1.29, 1.82) is 0 Å². The fourth-order valence-electron chi connectivity index (χ4n) is 3.22. The molecule has 1 saturated carbocycles. The average Bonchev–Trinajstić information content (AvgIpc) is 3.48. The van der Waals surface area contributed by atoms with E-state index in [4.69, 9.17) is 9.84 Å². The van der Waals surface area contributed by atoms with Gasteiger partial charge in [-0.15, -0.1) is 0 Å². The SMILES string of the molecule is O=C(O)NC1CC1c1ccc(NC(=O)c2cccc(Oc3ccccc3)c2)cc1. The third-order valence-corrected chi connectivity index (χ3v) is 4.77. The molecular formula is C23H20N2O4. The molecular weight excluding hydrogens is 368 g/mol. The highest BCUT2D eigenvalue weighted by Gasteiger charge is 2.39. The fraction of sp³-hybridized carbons (Fsp3) is 0.130. The number of carbonyl (C=O) groups excluding carboxylic acids is 1. The van der Waals surface area contributed by atoms with Gasteiger partial charge in [0.1, 0.15) is 11.5 Å². The summed E-state index contributed by atoms with van der Waals surface area (Å²) in [4.78, 5) is 23.3.